The number of benzene rings is 2. The number of aliphatic imine (C=N–C) groups is 1. The summed E-state index contributed by atoms with van der Waals surface area (Å²) in [6, 6.07) is 9.49. The number of phenolic OH excluding ortho intramolecular Hbond substituents is 1. The predicted molar refractivity (Wildman–Crippen MR) is 120 cm³/mol. The Balaban J connectivity index is 1.53. The van der Waals surface area contributed by atoms with Crippen molar-refractivity contribution in [3.63, 3.8) is 0 Å². The van der Waals surface area contributed by atoms with Gasteiger partial charge in [0.25, 0.3) is 0 Å². The molecule has 1 unspecified atom stereocenters. The molecule has 0 aromatic heterocycles. The highest BCUT2D eigenvalue weighted by molar-refractivity contribution is 6.30. The monoisotopic (exact) mass is 421 g/mol. The minimum atomic E-state index is -0.282. The molecule has 2 fully saturated rings. The van der Waals surface area contributed by atoms with Crippen LogP contribution in [0.15, 0.2) is 35.3 Å². The second-order valence-electron chi connectivity index (χ2n) is 10.0. The molecule has 156 valence electrons. The molecule has 0 amide bonds. The fourth-order valence-electron chi connectivity index (χ4n) is 7.17. The second-order valence-corrected chi connectivity index (χ2v) is 10.5. The van der Waals surface area contributed by atoms with Gasteiger partial charge in [-0.05, 0) is 91.2 Å². The largest absolute Gasteiger partial charge is 0.508 e. The molecule has 5 aliphatic rings. The SMILES string of the molecule is COc1cc2c3cc1C(c1cc(Cl)ccc1O)N=C2C[C@@H]1[C@@H]3CC[C@]2(C)CCC[C@@H]12. The van der Waals surface area contributed by atoms with Crippen LogP contribution in [-0.2, 0) is 0 Å². The first-order valence-electron chi connectivity index (χ1n) is 11.3. The van der Waals surface area contributed by atoms with E-state index in [1.807, 2.05) is 6.07 Å². The van der Waals surface area contributed by atoms with E-state index in [0.29, 0.717) is 22.3 Å². The number of hydrogen-bond acceptors (Lipinski definition) is 3. The number of ether oxygens (including phenoxy) is 1. The van der Waals surface area contributed by atoms with Gasteiger partial charge in [-0.15, -0.1) is 0 Å². The lowest BCUT2D eigenvalue weighted by atomic mass is 9.55. The number of fused-ring (bicyclic) bond motifs is 5. The summed E-state index contributed by atoms with van der Waals surface area (Å²) in [4.78, 5) is 5.26. The molecule has 7 rings (SSSR count). The number of rotatable bonds is 2. The van der Waals surface area contributed by atoms with Crippen LogP contribution in [0.1, 0.15) is 79.7 Å². The highest BCUT2D eigenvalue weighted by Crippen LogP contribution is 2.62. The van der Waals surface area contributed by atoms with Gasteiger partial charge in [0.05, 0.1) is 7.11 Å². The minimum Gasteiger partial charge on any atom is -0.508 e. The molecule has 1 N–H and O–H groups in total. The number of nitrogens with zero attached hydrogens (tertiary/aromatic N) is 1. The third-order valence-electron chi connectivity index (χ3n) is 8.62. The number of aromatic hydroxyl groups is 1. The Hall–Kier alpha value is -2.00. The van der Waals surface area contributed by atoms with Crippen molar-refractivity contribution in [1.82, 2.24) is 0 Å². The van der Waals surface area contributed by atoms with Crippen molar-refractivity contribution in [2.75, 3.05) is 7.11 Å². The van der Waals surface area contributed by atoms with E-state index in [4.69, 9.17) is 21.3 Å². The predicted octanol–water partition coefficient (Wildman–Crippen LogP) is 6.65. The van der Waals surface area contributed by atoms with Gasteiger partial charge in [-0.25, -0.2) is 0 Å². The highest BCUT2D eigenvalue weighted by Gasteiger charge is 2.52. The molecule has 0 saturated heterocycles. The van der Waals surface area contributed by atoms with Gasteiger partial charge in [0.2, 0.25) is 0 Å². The molecule has 4 bridgehead atoms. The molecule has 5 atom stereocenters. The molecule has 3 aliphatic carbocycles. The van der Waals surface area contributed by atoms with Crippen molar-refractivity contribution < 1.29 is 9.84 Å². The molecule has 3 nitrogen and oxygen atoms in total. The molecule has 2 saturated carbocycles. The van der Waals surface area contributed by atoms with Crippen molar-refractivity contribution in [3.05, 3.63) is 57.6 Å². The molecule has 0 spiro atoms. The molecular formula is C26H28ClNO2. The van der Waals surface area contributed by atoms with E-state index >= 15 is 0 Å². The number of halogens is 1. The summed E-state index contributed by atoms with van der Waals surface area (Å²) in [7, 11) is 1.72. The summed E-state index contributed by atoms with van der Waals surface area (Å²) in [6.07, 6.45) is 7.77. The van der Waals surface area contributed by atoms with Crippen LogP contribution >= 0.6 is 11.6 Å². The fourth-order valence-corrected chi connectivity index (χ4v) is 7.36. The van der Waals surface area contributed by atoms with Crippen LogP contribution in [0.2, 0.25) is 5.02 Å². The van der Waals surface area contributed by atoms with Crippen molar-refractivity contribution in [1.29, 1.82) is 0 Å². The summed E-state index contributed by atoms with van der Waals surface area (Å²) in [5.41, 5.74) is 6.22. The maximum Gasteiger partial charge on any atom is 0.125 e. The lowest BCUT2D eigenvalue weighted by Crippen LogP contribution is -2.41. The Morgan fingerprint density at radius 2 is 1.97 bits per heavy atom. The van der Waals surface area contributed by atoms with Crippen LogP contribution in [0, 0.1) is 17.3 Å². The highest BCUT2D eigenvalue weighted by atomic mass is 35.5. The lowest BCUT2D eigenvalue weighted by molar-refractivity contribution is 0.0719. The van der Waals surface area contributed by atoms with Crippen LogP contribution < -0.4 is 4.74 Å². The second kappa shape index (κ2) is 6.50. The maximum absolute atomic E-state index is 10.6. The summed E-state index contributed by atoms with van der Waals surface area (Å²) in [6.45, 7) is 2.53. The Kier molecular flexibility index (Phi) is 4.06. The molecule has 2 aromatic carbocycles. The van der Waals surface area contributed by atoms with Gasteiger partial charge < -0.3 is 9.84 Å². The van der Waals surface area contributed by atoms with Crippen molar-refractivity contribution in [2.24, 2.45) is 22.2 Å². The van der Waals surface area contributed by atoms with Gasteiger partial charge in [-0.2, -0.15) is 0 Å². The van der Waals surface area contributed by atoms with Gasteiger partial charge in [0.1, 0.15) is 17.5 Å². The lowest BCUT2D eigenvalue weighted by Gasteiger charge is -2.49. The number of methoxy groups -OCH3 is 1. The Morgan fingerprint density at radius 3 is 2.80 bits per heavy atom. The van der Waals surface area contributed by atoms with E-state index in [0.717, 1.165) is 29.2 Å². The Bertz CT molecular complexity index is 1080. The summed E-state index contributed by atoms with van der Waals surface area (Å²) in [5, 5.41) is 11.3. The van der Waals surface area contributed by atoms with E-state index in [9.17, 15) is 5.11 Å². The Morgan fingerprint density at radius 1 is 1.10 bits per heavy atom. The minimum absolute atomic E-state index is 0.237. The molecule has 2 aromatic rings. The fraction of sp³-hybridized carbons (Fsp3) is 0.500. The average molecular weight is 422 g/mol. The van der Waals surface area contributed by atoms with E-state index in [1.54, 1.807) is 19.2 Å². The number of phenols is 1. The molecule has 0 radical (unpaired) electrons. The zero-order chi connectivity index (χ0) is 20.6. The van der Waals surface area contributed by atoms with E-state index < -0.39 is 0 Å². The van der Waals surface area contributed by atoms with Crippen molar-refractivity contribution in [2.45, 2.75) is 57.4 Å². The third kappa shape index (κ3) is 2.54. The zero-order valence-corrected chi connectivity index (χ0v) is 18.4. The van der Waals surface area contributed by atoms with Crippen LogP contribution in [0.3, 0.4) is 0 Å². The molecule has 2 heterocycles. The normalized spacial score (nSPS) is 33.5. The van der Waals surface area contributed by atoms with Gasteiger partial charge in [-0.3, -0.25) is 4.99 Å². The summed E-state index contributed by atoms with van der Waals surface area (Å²) >= 11 is 6.30. The smallest absolute Gasteiger partial charge is 0.125 e. The first kappa shape index (κ1) is 18.7. The average Bonchev–Trinajstić information content (AvgIpc) is 3.03. The van der Waals surface area contributed by atoms with Crippen LogP contribution in [0.4, 0.5) is 0 Å². The topological polar surface area (TPSA) is 41.8 Å². The molecule has 2 aliphatic heterocycles. The van der Waals surface area contributed by atoms with Crippen molar-refractivity contribution >= 4 is 17.3 Å². The van der Waals surface area contributed by atoms with Crippen LogP contribution in [-0.4, -0.2) is 17.9 Å². The summed E-state index contributed by atoms with van der Waals surface area (Å²) < 4.78 is 5.78. The van der Waals surface area contributed by atoms with E-state index in [2.05, 4.69) is 19.1 Å². The van der Waals surface area contributed by atoms with Crippen LogP contribution in [0.25, 0.3) is 0 Å². The first-order valence-corrected chi connectivity index (χ1v) is 11.6. The summed E-state index contributed by atoms with van der Waals surface area (Å²) in [5.74, 6) is 3.20. The van der Waals surface area contributed by atoms with E-state index in [1.165, 1.54) is 48.9 Å². The standard InChI is InChI=1S/C26H28ClNO2/c1-26-8-3-4-21(26)17-12-22-18-13-24(30-2)20(11-16(18)15(17)7-9-26)25(28-22)19-10-14(27)5-6-23(19)29/h5-6,10-11,13,15,17,21,25,29H,3-4,7-9,12H2,1-2H3/t15-,17-,21+,25?,26+/m1/s1. The van der Waals surface area contributed by atoms with Crippen molar-refractivity contribution in [3.8, 4) is 11.5 Å². The van der Waals surface area contributed by atoms with E-state index in [-0.39, 0.29) is 11.8 Å². The quantitative estimate of drug-likeness (QED) is 0.589. The molecule has 30 heavy (non-hydrogen) atoms. The Labute approximate surface area is 183 Å². The van der Waals surface area contributed by atoms with Gasteiger partial charge in [-0.1, -0.05) is 24.9 Å². The van der Waals surface area contributed by atoms with Crippen LogP contribution in [0.5, 0.6) is 11.5 Å². The zero-order valence-electron chi connectivity index (χ0n) is 17.6. The molecular weight excluding hydrogens is 394 g/mol. The van der Waals surface area contributed by atoms with Gasteiger partial charge in [0.15, 0.2) is 0 Å². The third-order valence-corrected chi connectivity index (χ3v) is 8.86. The number of hydrogen-bond donors (Lipinski definition) is 1. The molecule has 4 heteroatoms. The van der Waals surface area contributed by atoms with Gasteiger partial charge in [0, 0.05) is 27.4 Å². The first-order chi connectivity index (χ1) is 14.5. The van der Waals surface area contributed by atoms with Gasteiger partial charge >= 0.3 is 0 Å². The maximum atomic E-state index is 10.6.